The number of aryl methyl sites for hydroxylation is 1. The van der Waals surface area contributed by atoms with Gasteiger partial charge in [-0.05, 0) is 44.2 Å². The summed E-state index contributed by atoms with van der Waals surface area (Å²) in [6.45, 7) is 2.63. The Morgan fingerprint density at radius 3 is 2.68 bits per heavy atom. The van der Waals surface area contributed by atoms with Crippen LogP contribution in [0.25, 0.3) is 16.8 Å². The molecule has 3 N–H and O–H groups in total. The molecule has 1 aliphatic rings. The number of hydrogen-bond acceptors (Lipinski definition) is 5. The van der Waals surface area contributed by atoms with Crippen molar-refractivity contribution in [3.8, 4) is 5.69 Å². The number of fused-ring (bicyclic) bond motifs is 1. The number of piperidine rings is 1. The molecule has 1 saturated heterocycles. The summed E-state index contributed by atoms with van der Waals surface area (Å²) in [6, 6.07) is 8.51. The average Bonchev–Trinajstić information content (AvgIpc) is 3.08. The number of primary amides is 1. The Labute approximate surface area is 177 Å². The second-order valence-electron chi connectivity index (χ2n) is 7.91. The summed E-state index contributed by atoms with van der Waals surface area (Å²) >= 11 is 0. The number of aromatic amines is 1. The van der Waals surface area contributed by atoms with Crippen molar-refractivity contribution in [2.24, 2.45) is 11.7 Å². The highest BCUT2D eigenvalue weighted by Gasteiger charge is 2.30. The molecule has 0 aliphatic carbocycles. The van der Waals surface area contributed by atoms with Crippen LogP contribution >= 0.6 is 0 Å². The summed E-state index contributed by atoms with van der Waals surface area (Å²) in [5, 5.41) is 0.0604. The van der Waals surface area contributed by atoms with E-state index in [-0.39, 0.29) is 46.6 Å². The van der Waals surface area contributed by atoms with E-state index >= 15 is 0 Å². The average molecular weight is 424 g/mol. The van der Waals surface area contributed by atoms with Gasteiger partial charge in [-0.3, -0.25) is 19.4 Å². The molecule has 2 amide bonds. The van der Waals surface area contributed by atoms with Crippen molar-refractivity contribution >= 4 is 22.9 Å². The minimum Gasteiger partial charge on any atom is -0.444 e. The van der Waals surface area contributed by atoms with Crippen molar-refractivity contribution in [1.82, 2.24) is 14.5 Å². The van der Waals surface area contributed by atoms with Gasteiger partial charge in [0.15, 0.2) is 0 Å². The third-order valence-electron chi connectivity index (χ3n) is 5.76. The van der Waals surface area contributed by atoms with E-state index in [2.05, 4.69) is 4.98 Å². The molecule has 0 spiro atoms. The molecule has 3 aromatic rings. The number of nitrogens with two attached hydrogens (primary N) is 1. The van der Waals surface area contributed by atoms with Crippen LogP contribution in [0.15, 0.2) is 44.3 Å². The number of benzene rings is 1. The smallest absolute Gasteiger partial charge is 0.335 e. The molecule has 1 fully saturated rings. The van der Waals surface area contributed by atoms with Crippen molar-refractivity contribution in [2.45, 2.75) is 32.6 Å². The lowest BCUT2D eigenvalue weighted by molar-refractivity contribution is -0.118. The van der Waals surface area contributed by atoms with Crippen LogP contribution in [0.4, 0.5) is 0 Å². The number of furan rings is 1. The summed E-state index contributed by atoms with van der Waals surface area (Å²) in [7, 11) is 0. The van der Waals surface area contributed by atoms with Crippen molar-refractivity contribution in [1.29, 1.82) is 0 Å². The zero-order valence-electron chi connectivity index (χ0n) is 17.2. The molecule has 4 rings (SSSR count). The molecule has 1 aromatic carbocycles. The Morgan fingerprint density at radius 1 is 1.23 bits per heavy atom. The van der Waals surface area contributed by atoms with E-state index in [0.29, 0.717) is 25.2 Å². The third kappa shape index (κ3) is 3.90. The first-order valence-corrected chi connectivity index (χ1v) is 10.3. The predicted octanol–water partition coefficient (Wildman–Crippen LogP) is 1.70. The van der Waals surface area contributed by atoms with Gasteiger partial charge in [0.25, 0.3) is 11.5 Å². The molecular weight excluding hydrogens is 400 g/mol. The monoisotopic (exact) mass is 424 g/mol. The number of nitrogens with zero attached hydrogens (tertiary/aromatic N) is 2. The topological polar surface area (TPSA) is 131 Å². The standard InChI is InChI=1S/C22H24N4O5/c1-13-17(20(28)25-11-5-6-14(12-25)9-10-16(23)27)18-19(31-13)24-22(30)26(21(18)29)15-7-3-2-4-8-15/h2-4,7-8,14H,5-6,9-12H2,1H3,(H2,23,27)(H,24,30). The Bertz CT molecular complexity index is 1250. The maximum Gasteiger partial charge on any atom is 0.335 e. The zero-order valence-corrected chi connectivity index (χ0v) is 17.2. The molecule has 31 heavy (non-hydrogen) atoms. The van der Waals surface area contributed by atoms with Gasteiger partial charge in [0, 0.05) is 19.5 Å². The molecule has 1 unspecified atom stereocenters. The van der Waals surface area contributed by atoms with Gasteiger partial charge in [-0.2, -0.15) is 0 Å². The lowest BCUT2D eigenvalue weighted by Gasteiger charge is -2.32. The minimum atomic E-state index is -0.638. The van der Waals surface area contributed by atoms with Crippen molar-refractivity contribution in [3.05, 3.63) is 62.5 Å². The van der Waals surface area contributed by atoms with Gasteiger partial charge in [0.2, 0.25) is 11.6 Å². The zero-order chi connectivity index (χ0) is 22.1. The molecule has 1 atom stereocenters. The Balaban J connectivity index is 1.75. The molecule has 9 nitrogen and oxygen atoms in total. The van der Waals surface area contributed by atoms with Crippen LogP contribution in [-0.4, -0.2) is 39.4 Å². The number of H-pyrrole nitrogens is 1. The van der Waals surface area contributed by atoms with Crippen LogP contribution in [0.3, 0.4) is 0 Å². The second kappa shape index (κ2) is 8.25. The normalized spacial score (nSPS) is 16.5. The van der Waals surface area contributed by atoms with E-state index < -0.39 is 11.2 Å². The van der Waals surface area contributed by atoms with E-state index in [0.717, 1.165) is 17.4 Å². The molecule has 1 aliphatic heterocycles. The lowest BCUT2D eigenvalue weighted by atomic mass is 9.92. The van der Waals surface area contributed by atoms with Gasteiger partial charge in [-0.25, -0.2) is 9.36 Å². The number of hydrogen-bond donors (Lipinski definition) is 2. The van der Waals surface area contributed by atoms with E-state index in [1.165, 1.54) is 0 Å². The van der Waals surface area contributed by atoms with Gasteiger partial charge in [-0.15, -0.1) is 0 Å². The van der Waals surface area contributed by atoms with Crippen LogP contribution in [0.2, 0.25) is 0 Å². The molecule has 0 radical (unpaired) electrons. The van der Waals surface area contributed by atoms with Crippen LogP contribution in [0.1, 0.15) is 41.8 Å². The third-order valence-corrected chi connectivity index (χ3v) is 5.76. The van der Waals surface area contributed by atoms with Crippen LogP contribution in [0, 0.1) is 12.8 Å². The number of rotatable bonds is 5. The summed E-state index contributed by atoms with van der Waals surface area (Å²) in [4.78, 5) is 54.6. The van der Waals surface area contributed by atoms with Crippen molar-refractivity contribution in [2.75, 3.05) is 13.1 Å². The number of amides is 2. The minimum absolute atomic E-state index is 0.00896. The summed E-state index contributed by atoms with van der Waals surface area (Å²) in [5.74, 6) is -0.225. The number of likely N-dealkylation sites (tertiary alicyclic amines) is 1. The van der Waals surface area contributed by atoms with Crippen LogP contribution in [-0.2, 0) is 4.79 Å². The fourth-order valence-corrected chi connectivity index (χ4v) is 4.25. The van der Waals surface area contributed by atoms with Gasteiger partial charge < -0.3 is 15.1 Å². The Hall–Kier alpha value is -3.62. The molecular formula is C22H24N4O5. The number of carbonyl (C=O) groups excluding carboxylic acids is 2. The maximum atomic E-state index is 13.4. The van der Waals surface area contributed by atoms with E-state index in [1.807, 2.05) is 0 Å². The largest absolute Gasteiger partial charge is 0.444 e. The van der Waals surface area contributed by atoms with E-state index in [4.69, 9.17) is 10.2 Å². The lowest BCUT2D eigenvalue weighted by Crippen LogP contribution is -2.41. The van der Waals surface area contributed by atoms with Gasteiger partial charge in [-0.1, -0.05) is 18.2 Å². The highest BCUT2D eigenvalue weighted by molar-refractivity contribution is 6.06. The Morgan fingerprint density at radius 2 is 1.97 bits per heavy atom. The van der Waals surface area contributed by atoms with E-state index in [1.54, 1.807) is 42.2 Å². The SMILES string of the molecule is Cc1oc2[nH]c(=O)n(-c3ccccc3)c(=O)c2c1C(=O)N1CCCC(CCC(N)=O)C1. The number of nitrogens with one attached hydrogen (secondary N) is 1. The highest BCUT2D eigenvalue weighted by atomic mass is 16.3. The summed E-state index contributed by atoms with van der Waals surface area (Å²) in [5.41, 5.74) is 4.57. The van der Waals surface area contributed by atoms with Gasteiger partial charge in [0.1, 0.15) is 11.1 Å². The molecule has 0 bridgehead atoms. The summed E-state index contributed by atoms with van der Waals surface area (Å²) in [6.07, 6.45) is 2.62. The molecule has 9 heteroatoms. The second-order valence-corrected chi connectivity index (χ2v) is 7.91. The van der Waals surface area contributed by atoms with Crippen LogP contribution < -0.4 is 17.0 Å². The van der Waals surface area contributed by atoms with E-state index in [9.17, 15) is 19.2 Å². The number of para-hydroxylation sites is 1. The fourth-order valence-electron chi connectivity index (χ4n) is 4.25. The fraction of sp³-hybridized carbons (Fsp3) is 0.364. The summed E-state index contributed by atoms with van der Waals surface area (Å²) < 4.78 is 6.59. The highest BCUT2D eigenvalue weighted by Crippen LogP contribution is 2.26. The van der Waals surface area contributed by atoms with Gasteiger partial charge in [0.05, 0.1) is 11.3 Å². The van der Waals surface area contributed by atoms with Crippen LogP contribution in [0.5, 0.6) is 0 Å². The Kier molecular flexibility index (Phi) is 5.50. The predicted molar refractivity (Wildman–Crippen MR) is 114 cm³/mol. The molecule has 2 aromatic heterocycles. The molecule has 162 valence electrons. The first kappa shape index (κ1) is 20.6. The molecule has 0 saturated carbocycles. The van der Waals surface area contributed by atoms with Gasteiger partial charge >= 0.3 is 5.69 Å². The number of carbonyl (C=O) groups is 2. The van der Waals surface area contributed by atoms with Crippen molar-refractivity contribution in [3.63, 3.8) is 0 Å². The first-order valence-electron chi connectivity index (χ1n) is 10.3. The first-order chi connectivity index (χ1) is 14.9. The number of aromatic nitrogens is 2. The maximum absolute atomic E-state index is 13.4. The van der Waals surface area contributed by atoms with Crippen molar-refractivity contribution < 1.29 is 14.0 Å². The molecule has 3 heterocycles. The quantitative estimate of drug-likeness (QED) is 0.643.